The van der Waals surface area contributed by atoms with Gasteiger partial charge in [-0.25, -0.2) is 0 Å². The summed E-state index contributed by atoms with van der Waals surface area (Å²) in [5.41, 5.74) is 2.02. The molecule has 1 unspecified atom stereocenters. The van der Waals surface area contributed by atoms with E-state index in [4.69, 9.17) is 0 Å². The second kappa shape index (κ2) is 8.17. The molecule has 1 N–H and O–H groups in total. The number of aliphatic hydroxyl groups excluding tert-OH is 1. The maximum absolute atomic E-state index is 12.6. The predicted octanol–water partition coefficient (Wildman–Crippen LogP) is 3.10. The number of amides is 1. The largest absolute Gasteiger partial charge is 0.388 e. The number of likely N-dealkylation sites (N-methyl/N-ethyl adjacent to an activating group) is 1. The minimum atomic E-state index is -0.439. The first-order valence-electron chi connectivity index (χ1n) is 8.92. The Labute approximate surface area is 149 Å². The van der Waals surface area contributed by atoms with Crippen LogP contribution >= 0.6 is 0 Å². The molecule has 132 valence electrons. The molecule has 1 aliphatic rings. The fraction of sp³-hybridized carbons (Fsp3) is 0.381. The molecule has 2 aromatic carbocycles. The Morgan fingerprint density at radius 3 is 2.24 bits per heavy atom. The highest BCUT2D eigenvalue weighted by Gasteiger charge is 2.28. The SMILES string of the molecule is CN(CC(=O)N1CCC(C(O)c2ccccc2)CC1)c1ccccc1. The van der Waals surface area contributed by atoms with Crippen LogP contribution in [0.15, 0.2) is 60.7 Å². The average molecular weight is 338 g/mol. The van der Waals surface area contributed by atoms with Crippen molar-refractivity contribution >= 4 is 11.6 Å². The first-order chi connectivity index (χ1) is 12.1. The van der Waals surface area contributed by atoms with E-state index in [9.17, 15) is 9.90 Å². The number of piperidine rings is 1. The number of hydrogen-bond acceptors (Lipinski definition) is 3. The minimum absolute atomic E-state index is 0.152. The minimum Gasteiger partial charge on any atom is -0.388 e. The summed E-state index contributed by atoms with van der Waals surface area (Å²) in [7, 11) is 1.94. The number of para-hydroxylation sites is 1. The van der Waals surface area contributed by atoms with Crippen LogP contribution in [0, 0.1) is 5.92 Å². The zero-order valence-electron chi connectivity index (χ0n) is 14.7. The monoisotopic (exact) mass is 338 g/mol. The summed E-state index contributed by atoms with van der Waals surface area (Å²) in [5.74, 6) is 0.373. The van der Waals surface area contributed by atoms with Crippen molar-refractivity contribution in [2.24, 2.45) is 5.92 Å². The lowest BCUT2D eigenvalue weighted by Crippen LogP contribution is -2.44. The van der Waals surface area contributed by atoms with Crippen molar-refractivity contribution in [3.8, 4) is 0 Å². The lowest BCUT2D eigenvalue weighted by molar-refractivity contribution is -0.131. The van der Waals surface area contributed by atoms with Gasteiger partial charge in [0.25, 0.3) is 0 Å². The highest BCUT2D eigenvalue weighted by Crippen LogP contribution is 2.30. The van der Waals surface area contributed by atoms with E-state index < -0.39 is 6.10 Å². The topological polar surface area (TPSA) is 43.8 Å². The zero-order valence-corrected chi connectivity index (χ0v) is 14.7. The van der Waals surface area contributed by atoms with Gasteiger partial charge >= 0.3 is 0 Å². The molecule has 1 fully saturated rings. The van der Waals surface area contributed by atoms with E-state index in [1.165, 1.54) is 0 Å². The second-order valence-corrected chi connectivity index (χ2v) is 6.77. The van der Waals surface area contributed by atoms with Gasteiger partial charge in [-0.3, -0.25) is 4.79 Å². The number of likely N-dealkylation sites (tertiary alicyclic amines) is 1. The Morgan fingerprint density at radius 1 is 1.08 bits per heavy atom. The van der Waals surface area contributed by atoms with Crippen LogP contribution in [0.1, 0.15) is 24.5 Å². The molecule has 0 aromatic heterocycles. The van der Waals surface area contributed by atoms with Gasteiger partial charge in [0, 0.05) is 25.8 Å². The highest BCUT2D eigenvalue weighted by molar-refractivity contribution is 5.81. The van der Waals surface area contributed by atoms with E-state index in [1.54, 1.807) is 0 Å². The normalized spacial score (nSPS) is 16.5. The molecule has 1 heterocycles. The van der Waals surface area contributed by atoms with Crippen molar-refractivity contribution in [2.75, 3.05) is 31.6 Å². The van der Waals surface area contributed by atoms with Crippen molar-refractivity contribution in [1.82, 2.24) is 4.90 Å². The number of aliphatic hydroxyl groups is 1. The molecule has 0 aliphatic carbocycles. The van der Waals surface area contributed by atoms with Crippen LogP contribution in [0.3, 0.4) is 0 Å². The molecular formula is C21H26N2O2. The molecular weight excluding hydrogens is 312 g/mol. The van der Waals surface area contributed by atoms with Crippen LogP contribution in [0.25, 0.3) is 0 Å². The molecule has 1 aliphatic heterocycles. The van der Waals surface area contributed by atoms with Crippen LogP contribution in [0.2, 0.25) is 0 Å². The quantitative estimate of drug-likeness (QED) is 0.911. The zero-order chi connectivity index (χ0) is 17.6. The Morgan fingerprint density at radius 2 is 1.64 bits per heavy atom. The number of hydrogen-bond donors (Lipinski definition) is 1. The van der Waals surface area contributed by atoms with Gasteiger partial charge in [0.15, 0.2) is 0 Å². The van der Waals surface area contributed by atoms with Crippen LogP contribution in [-0.2, 0) is 4.79 Å². The molecule has 1 amide bonds. The van der Waals surface area contributed by atoms with Crippen LogP contribution in [-0.4, -0.2) is 42.6 Å². The van der Waals surface area contributed by atoms with Crippen LogP contribution in [0.5, 0.6) is 0 Å². The highest BCUT2D eigenvalue weighted by atomic mass is 16.3. The summed E-state index contributed by atoms with van der Waals surface area (Å²) in [4.78, 5) is 16.5. The van der Waals surface area contributed by atoms with Crippen molar-refractivity contribution in [3.05, 3.63) is 66.2 Å². The van der Waals surface area contributed by atoms with E-state index in [0.717, 1.165) is 37.2 Å². The number of anilines is 1. The van der Waals surface area contributed by atoms with E-state index in [2.05, 4.69) is 0 Å². The van der Waals surface area contributed by atoms with Crippen LogP contribution in [0.4, 0.5) is 5.69 Å². The van der Waals surface area contributed by atoms with E-state index in [0.29, 0.717) is 6.54 Å². The molecule has 25 heavy (non-hydrogen) atoms. The lowest BCUT2D eigenvalue weighted by Gasteiger charge is -2.35. The van der Waals surface area contributed by atoms with Gasteiger partial charge in [-0.1, -0.05) is 48.5 Å². The molecule has 0 saturated carbocycles. The molecule has 4 nitrogen and oxygen atoms in total. The predicted molar refractivity (Wildman–Crippen MR) is 100 cm³/mol. The van der Waals surface area contributed by atoms with Crippen LogP contribution < -0.4 is 4.90 Å². The fourth-order valence-corrected chi connectivity index (χ4v) is 3.46. The molecule has 0 bridgehead atoms. The fourth-order valence-electron chi connectivity index (χ4n) is 3.46. The van der Waals surface area contributed by atoms with Gasteiger partial charge in [-0.15, -0.1) is 0 Å². The average Bonchev–Trinajstić information content (AvgIpc) is 2.69. The Kier molecular flexibility index (Phi) is 5.71. The summed E-state index contributed by atoms with van der Waals surface area (Å²) in [6.07, 6.45) is 1.25. The third-order valence-electron chi connectivity index (χ3n) is 5.05. The number of rotatable bonds is 5. The first kappa shape index (κ1) is 17.5. The lowest BCUT2D eigenvalue weighted by atomic mass is 9.87. The smallest absolute Gasteiger partial charge is 0.242 e. The molecule has 1 atom stereocenters. The van der Waals surface area contributed by atoms with Crippen molar-refractivity contribution < 1.29 is 9.90 Å². The number of carbonyl (C=O) groups is 1. The molecule has 2 aromatic rings. The maximum atomic E-state index is 12.6. The molecule has 0 radical (unpaired) electrons. The number of carbonyl (C=O) groups excluding carboxylic acids is 1. The van der Waals surface area contributed by atoms with E-state index in [-0.39, 0.29) is 11.8 Å². The van der Waals surface area contributed by atoms with Gasteiger partial charge in [0.05, 0.1) is 12.6 Å². The van der Waals surface area contributed by atoms with Gasteiger partial charge in [-0.2, -0.15) is 0 Å². The molecule has 1 saturated heterocycles. The Bertz CT molecular complexity index is 667. The summed E-state index contributed by atoms with van der Waals surface area (Å²) in [6.45, 7) is 1.82. The molecule has 0 spiro atoms. The number of nitrogens with zero attached hydrogens (tertiary/aromatic N) is 2. The third-order valence-corrected chi connectivity index (χ3v) is 5.05. The van der Waals surface area contributed by atoms with Gasteiger partial charge in [-0.05, 0) is 36.5 Å². The summed E-state index contributed by atoms with van der Waals surface area (Å²) in [6, 6.07) is 19.8. The van der Waals surface area contributed by atoms with Crippen molar-refractivity contribution in [3.63, 3.8) is 0 Å². The molecule has 4 heteroatoms. The van der Waals surface area contributed by atoms with Crippen molar-refractivity contribution in [2.45, 2.75) is 18.9 Å². The second-order valence-electron chi connectivity index (χ2n) is 6.77. The summed E-state index contributed by atoms with van der Waals surface area (Å²) in [5, 5.41) is 10.6. The Balaban J connectivity index is 1.51. The summed E-state index contributed by atoms with van der Waals surface area (Å²) >= 11 is 0. The third kappa shape index (κ3) is 4.40. The number of benzene rings is 2. The van der Waals surface area contributed by atoms with Gasteiger partial charge in [0.2, 0.25) is 5.91 Å². The molecule has 3 rings (SSSR count). The maximum Gasteiger partial charge on any atom is 0.242 e. The first-order valence-corrected chi connectivity index (χ1v) is 8.92. The Hall–Kier alpha value is -2.33. The standard InChI is InChI=1S/C21H26N2O2/c1-22(19-10-6-3-7-11-19)16-20(24)23-14-12-18(13-15-23)21(25)17-8-4-2-5-9-17/h2-11,18,21,25H,12-16H2,1H3. The van der Waals surface area contributed by atoms with Crippen molar-refractivity contribution in [1.29, 1.82) is 0 Å². The van der Waals surface area contributed by atoms with Gasteiger partial charge < -0.3 is 14.9 Å². The summed E-state index contributed by atoms with van der Waals surface area (Å²) < 4.78 is 0. The van der Waals surface area contributed by atoms with E-state index in [1.807, 2.05) is 77.5 Å². The van der Waals surface area contributed by atoms with Gasteiger partial charge in [0.1, 0.15) is 0 Å². The van der Waals surface area contributed by atoms with E-state index >= 15 is 0 Å².